The van der Waals surface area contributed by atoms with E-state index in [0.29, 0.717) is 23.5 Å². The summed E-state index contributed by atoms with van der Waals surface area (Å²) in [5.41, 5.74) is 0.684. The number of carbonyl (C=O) groups is 2. The second-order valence-electron chi connectivity index (χ2n) is 8.05. The number of ether oxygens (including phenoxy) is 3. The molecule has 3 aromatic rings. The average Bonchev–Trinajstić information content (AvgIpc) is 3.18. The molecule has 0 aliphatic carbocycles. The summed E-state index contributed by atoms with van der Waals surface area (Å²) >= 11 is 0. The van der Waals surface area contributed by atoms with Crippen LogP contribution in [0, 0.1) is 0 Å². The zero-order valence-electron chi connectivity index (χ0n) is 17.9. The van der Waals surface area contributed by atoms with Gasteiger partial charge in [-0.05, 0) is 55.8 Å². The van der Waals surface area contributed by atoms with E-state index in [9.17, 15) is 14.4 Å². The van der Waals surface area contributed by atoms with Gasteiger partial charge in [-0.2, -0.15) is 0 Å². The third-order valence-electron chi connectivity index (χ3n) is 5.20. The molecule has 0 saturated carbocycles. The van der Waals surface area contributed by atoms with Crippen LogP contribution in [0.2, 0.25) is 0 Å². The van der Waals surface area contributed by atoms with Gasteiger partial charge < -0.3 is 18.6 Å². The second-order valence-corrected chi connectivity index (χ2v) is 8.05. The first-order chi connectivity index (χ1) is 15.2. The molecule has 1 atom stereocenters. The van der Waals surface area contributed by atoms with Crippen LogP contribution in [0.25, 0.3) is 17.0 Å². The number of hydrogen-bond donors (Lipinski definition) is 0. The summed E-state index contributed by atoms with van der Waals surface area (Å²) in [5.74, 6) is 0.129. The lowest BCUT2D eigenvalue weighted by atomic mass is 9.96. The fourth-order valence-electron chi connectivity index (χ4n) is 3.58. The first kappa shape index (κ1) is 21.4. The molecule has 0 radical (unpaired) electrons. The number of rotatable bonds is 5. The predicted molar refractivity (Wildman–Crippen MR) is 118 cm³/mol. The van der Waals surface area contributed by atoms with Gasteiger partial charge in [0, 0.05) is 36.4 Å². The lowest BCUT2D eigenvalue weighted by Gasteiger charge is -2.30. The summed E-state index contributed by atoms with van der Waals surface area (Å²) in [6.45, 7) is 4.89. The Labute approximate surface area is 184 Å². The number of hydrogen-bond acceptors (Lipinski definition) is 7. The Bertz CT molecular complexity index is 1270. The molecule has 0 N–H and O–H groups in total. The van der Waals surface area contributed by atoms with Gasteiger partial charge in [-0.15, -0.1) is 0 Å². The maximum atomic E-state index is 12.4. The molecule has 0 saturated heterocycles. The Kier molecular flexibility index (Phi) is 5.57. The maximum Gasteiger partial charge on any atom is 0.336 e. The monoisotopic (exact) mass is 434 g/mol. The predicted octanol–water partition coefficient (Wildman–Crippen LogP) is 4.06. The Morgan fingerprint density at radius 2 is 1.78 bits per heavy atom. The van der Waals surface area contributed by atoms with Gasteiger partial charge in [0.1, 0.15) is 28.8 Å². The van der Waals surface area contributed by atoms with Gasteiger partial charge in [0.25, 0.3) is 0 Å². The molecule has 7 heteroatoms. The second kappa shape index (κ2) is 8.34. The van der Waals surface area contributed by atoms with Crippen LogP contribution in [0.1, 0.15) is 31.9 Å². The highest BCUT2D eigenvalue weighted by Gasteiger charge is 2.40. The Morgan fingerprint density at radius 3 is 2.50 bits per heavy atom. The van der Waals surface area contributed by atoms with Crippen LogP contribution >= 0.6 is 0 Å². The minimum Gasteiger partial charge on any atom is -0.485 e. The van der Waals surface area contributed by atoms with Crippen LogP contribution in [-0.4, -0.2) is 23.6 Å². The zero-order chi connectivity index (χ0) is 22.9. The summed E-state index contributed by atoms with van der Waals surface area (Å²) in [6.07, 6.45) is 2.96. The van der Waals surface area contributed by atoms with Crippen molar-refractivity contribution >= 4 is 29.0 Å². The molecule has 2 aromatic carbocycles. The smallest absolute Gasteiger partial charge is 0.336 e. The van der Waals surface area contributed by atoms with Gasteiger partial charge in [0.05, 0.1) is 0 Å². The lowest BCUT2D eigenvalue weighted by molar-refractivity contribution is -0.158. The molecule has 0 bridgehead atoms. The lowest BCUT2D eigenvalue weighted by Crippen LogP contribution is -2.43. The van der Waals surface area contributed by atoms with E-state index in [0.717, 1.165) is 16.5 Å². The number of carbonyl (C=O) groups excluding carboxylic acids is 2. The normalized spacial score (nSPS) is 15.4. The van der Waals surface area contributed by atoms with E-state index in [1.807, 2.05) is 12.1 Å². The molecule has 0 fully saturated rings. The standard InChI is InChI=1S/C25H22O7/c1-15(26)29-18-9-4-16(5-10-18)6-12-23(28)32-25(2,3)21-14-19-20(30-21)11-7-17-8-13-22(27)31-24(17)19/h4-13,21H,14H2,1-3H3/b12-6+. The van der Waals surface area contributed by atoms with Crippen LogP contribution < -0.4 is 15.1 Å². The van der Waals surface area contributed by atoms with Crippen molar-refractivity contribution in [1.29, 1.82) is 0 Å². The summed E-state index contributed by atoms with van der Waals surface area (Å²) in [6, 6.07) is 13.5. The largest absolute Gasteiger partial charge is 0.485 e. The van der Waals surface area contributed by atoms with Crippen molar-refractivity contribution in [3.63, 3.8) is 0 Å². The van der Waals surface area contributed by atoms with Crippen LogP contribution in [0.15, 0.2) is 63.8 Å². The quantitative estimate of drug-likeness (QED) is 0.259. The van der Waals surface area contributed by atoms with Crippen molar-refractivity contribution in [2.75, 3.05) is 0 Å². The SMILES string of the molecule is CC(=O)Oc1ccc(/C=C/C(=O)OC(C)(C)C2Cc3c(ccc4ccc(=O)oc34)O2)cc1. The molecule has 7 nitrogen and oxygen atoms in total. The molecule has 1 unspecified atom stereocenters. The molecular weight excluding hydrogens is 412 g/mol. The zero-order valence-corrected chi connectivity index (χ0v) is 17.9. The van der Waals surface area contributed by atoms with Crippen molar-refractivity contribution in [3.05, 3.63) is 76.2 Å². The topological polar surface area (TPSA) is 92.0 Å². The summed E-state index contributed by atoms with van der Waals surface area (Å²) in [4.78, 5) is 35.1. The molecule has 1 aliphatic rings. The number of benzene rings is 2. The fraction of sp³-hybridized carbons (Fsp3) is 0.240. The molecule has 2 heterocycles. The van der Waals surface area contributed by atoms with Gasteiger partial charge in [-0.3, -0.25) is 4.79 Å². The van der Waals surface area contributed by atoms with E-state index in [-0.39, 0.29) is 0 Å². The fourth-order valence-corrected chi connectivity index (χ4v) is 3.58. The minimum atomic E-state index is -0.930. The molecule has 164 valence electrons. The Balaban J connectivity index is 1.43. The van der Waals surface area contributed by atoms with Gasteiger partial charge in [-0.1, -0.05) is 12.1 Å². The van der Waals surface area contributed by atoms with E-state index >= 15 is 0 Å². The Hall–Kier alpha value is -3.87. The van der Waals surface area contributed by atoms with Crippen molar-refractivity contribution in [3.8, 4) is 11.5 Å². The van der Waals surface area contributed by atoms with Crippen LogP contribution in [0.5, 0.6) is 11.5 Å². The first-order valence-electron chi connectivity index (χ1n) is 10.1. The van der Waals surface area contributed by atoms with Crippen LogP contribution in [0.3, 0.4) is 0 Å². The minimum absolute atomic E-state index is 0.398. The van der Waals surface area contributed by atoms with Gasteiger partial charge in [0.15, 0.2) is 0 Å². The van der Waals surface area contributed by atoms with Gasteiger partial charge >= 0.3 is 17.6 Å². The van der Waals surface area contributed by atoms with Crippen LogP contribution in [0.4, 0.5) is 0 Å². The Morgan fingerprint density at radius 1 is 1.06 bits per heavy atom. The highest BCUT2D eigenvalue weighted by molar-refractivity contribution is 5.87. The molecule has 0 amide bonds. The van der Waals surface area contributed by atoms with E-state index in [2.05, 4.69) is 0 Å². The molecule has 32 heavy (non-hydrogen) atoms. The van der Waals surface area contributed by atoms with Crippen molar-refractivity contribution in [2.24, 2.45) is 0 Å². The van der Waals surface area contributed by atoms with Gasteiger partial charge in [0.2, 0.25) is 0 Å². The van der Waals surface area contributed by atoms with Crippen molar-refractivity contribution < 1.29 is 28.2 Å². The third-order valence-corrected chi connectivity index (χ3v) is 5.20. The summed E-state index contributed by atoms with van der Waals surface area (Å²) in [5, 5.41) is 0.810. The van der Waals surface area contributed by atoms with E-state index in [4.69, 9.17) is 18.6 Å². The molecular formula is C25H22O7. The highest BCUT2D eigenvalue weighted by Crippen LogP contribution is 2.38. The molecule has 0 spiro atoms. The number of esters is 2. The first-order valence-corrected chi connectivity index (χ1v) is 10.1. The summed E-state index contributed by atoms with van der Waals surface area (Å²) in [7, 11) is 0. The van der Waals surface area contributed by atoms with E-state index < -0.39 is 29.3 Å². The van der Waals surface area contributed by atoms with Crippen LogP contribution in [-0.2, 0) is 20.7 Å². The van der Waals surface area contributed by atoms with Crippen molar-refractivity contribution in [2.45, 2.75) is 38.9 Å². The van der Waals surface area contributed by atoms with E-state index in [1.54, 1.807) is 50.3 Å². The molecule has 1 aromatic heterocycles. The van der Waals surface area contributed by atoms with E-state index in [1.165, 1.54) is 19.1 Å². The average molecular weight is 434 g/mol. The van der Waals surface area contributed by atoms with Gasteiger partial charge in [-0.25, -0.2) is 9.59 Å². The summed E-state index contributed by atoms with van der Waals surface area (Å²) < 4.78 is 22.1. The molecule has 4 rings (SSSR count). The third kappa shape index (κ3) is 4.56. The maximum absolute atomic E-state index is 12.4. The molecule has 1 aliphatic heterocycles. The van der Waals surface area contributed by atoms with Crippen molar-refractivity contribution in [1.82, 2.24) is 0 Å². The number of fused-ring (bicyclic) bond motifs is 3. The highest BCUT2D eigenvalue weighted by atomic mass is 16.6.